The molecule has 0 N–H and O–H groups in total. The maximum atomic E-state index is 6.16. The van der Waals surface area contributed by atoms with Gasteiger partial charge in [-0.1, -0.05) is 30.3 Å². The third kappa shape index (κ3) is 3.02. The Morgan fingerprint density at radius 3 is 2.71 bits per heavy atom. The molecule has 2 heteroatoms. The summed E-state index contributed by atoms with van der Waals surface area (Å²) in [5.41, 5.74) is 1.64. The SMILES string of the molecule is CC1OCCC1(CCl)CCCc1ccccc1. The van der Waals surface area contributed by atoms with Crippen molar-refractivity contribution in [1.82, 2.24) is 0 Å². The standard InChI is InChI=1S/C15H21ClO/c1-13-15(12-16,10-11-17-13)9-5-8-14-6-3-2-4-7-14/h2-4,6-7,13H,5,8-12H2,1H3. The summed E-state index contributed by atoms with van der Waals surface area (Å²) in [4.78, 5) is 0. The van der Waals surface area contributed by atoms with Crippen molar-refractivity contribution in [3.05, 3.63) is 35.9 Å². The van der Waals surface area contributed by atoms with Gasteiger partial charge in [-0.3, -0.25) is 0 Å². The number of benzene rings is 1. The highest BCUT2D eigenvalue weighted by molar-refractivity contribution is 6.18. The van der Waals surface area contributed by atoms with Gasteiger partial charge in [0.2, 0.25) is 0 Å². The molecule has 1 heterocycles. The monoisotopic (exact) mass is 252 g/mol. The van der Waals surface area contributed by atoms with Crippen LogP contribution in [0.25, 0.3) is 0 Å². The van der Waals surface area contributed by atoms with Crippen LogP contribution in [-0.2, 0) is 11.2 Å². The van der Waals surface area contributed by atoms with E-state index in [2.05, 4.69) is 37.3 Å². The van der Waals surface area contributed by atoms with Gasteiger partial charge in [-0.15, -0.1) is 11.6 Å². The summed E-state index contributed by atoms with van der Waals surface area (Å²) in [5.74, 6) is 0.725. The van der Waals surface area contributed by atoms with Gasteiger partial charge in [-0.2, -0.15) is 0 Å². The zero-order valence-corrected chi connectivity index (χ0v) is 11.2. The summed E-state index contributed by atoms with van der Waals surface area (Å²) in [6.45, 7) is 3.04. The first-order chi connectivity index (χ1) is 8.27. The predicted octanol–water partition coefficient (Wildman–Crippen LogP) is 4.04. The van der Waals surface area contributed by atoms with Crippen LogP contribution in [-0.4, -0.2) is 18.6 Å². The number of halogens is 1. The van der Waals surface area contributed by atoms with Crippen molar-refractivity contribution in [2.45, 2.75) is 38.7 Å². The maximum Gasteiger partial charge on any atom is 0.0615 e. The molecule has 0 spiro atoms. The lowest BCUT2D eigenvalue weighted by Gasteiger charge is -2.29. The molecule has 0 bridgehead atoms. The minimum absolute atomic E-state index is 0.219. The molecule has 0 aromatic heterocycles. The number of hydrogen-bond acceptors (Lipinski definition) is 1. The quantitative estimate of drug-likeness (QED) is 0.719. The molecule has 0 saturated carbocycles. The Hall–Kier alpha value is -0.530. The van der Waals surface area contributed by atoms with Crippen LogP contribution in [0.4, 0.5) is 0 Å². The summed E-state index contributed by atoms with van der Waals surface area (Å²) >= 11 is 6.16. The van der Waals surface area contributed by atoms with Crippen molar-refractivity contribution < 1.29 is 4.74 Å². The van der Waals surface area contributed by atoms with Crippen LogP contribution in [0.15, 0.2) is 30.3 Å². The Labute approximate surface area is 109 Å². The molecule has 94 valence electrons. The van der Waals surface area contributed by atoms with Crippen molar-refractivity contribution in [3.8, 4) is 0 Å². The molecule has 1 nitrogen and oxygen atoms in total. The van der Waals surface area contributed by atoms with Crippen molar-refractivity contribution in [3.63, 3.8) is 0 Å². The van der Waals surface area contributed by atoms with Gasteiger partial charge in [0.05, 0.1) is 6.10 Å². The highest BCUT2D eigenvalue weighted by Crippen LogP contribution is 2.40. The van der Waals surface area contributed by atoms with Crippen molar-refractivity contribution >= 4 is 11.6 Å². The third-order valence-corrected chi connectivity index (χ3v) is 4.61. The van der Waals surface area contributed by atoms with Gasteiger partial charge >= 0.3 is 0 Å². The van der Waals surface area contributed by atoms with E-state index in [9.17, 15) is 0 Å². The number of hydrogen-bond donors (Lipinski definition) is 0. The molecule has 0 aliphatic carbocycles. The molecule has 1 aliphatic heterocycles. The Bertz CT molecular complexity index is 338. The first-order valence-electron chi connectivity index (χ1n) is 6.48. The molecule has 2 atom stereocenters. The minimum atomic E-state index is 0.219. The zero-order valence-electron chi connectivity index (χ0n) is 10.5. The second kappa shape index (κ2) is 5.88. The summed E-state index contributed by atoms with van der Waals surface area (Å²) in [6.07, 6.45) is 4.95. The van der Waals surface area contributed by atoms with E-state index in [-0.39, 0.29) is 5.41 Å². The Kier molecular flexibility index (Phi) is 4.47. The molecule has 0 radical (unpaired) electrons. The summed E-state index contributed by atoms with van der Waals surface area (Å²) < 4.78 is 5.68. The fourth-order valence-corrected chi connectivity index (χ4v) is 3.16. The van der Waals surface area contributed by atoms with E-state index in [1.807, 2.05) is 0 Å². The lowest BCUT2D eigenvalue weighted by atomic mass is 9.79. The van der Waals surface area contributed by atoms with Crippen LogP contribution < -0.4 is 0 Å². The summed E-state index contributed by atoms with van der Waals surface area (Å²) in [5, 5.41) is 0. The van der Waals surface area contributed by atoms with Crippen LogP contribution in [0.2, 0.25) is 0 Å². The zero-order chi connectivity index (χ0) is 12.1. The van der Waals surface area contributed by atoms with Gasteiger partial charge in [0.15, 0.2) is 0 Å². The summed E-state index contributed by atoms with van der Waals surface area (Å²) in [6, 6.07) is 10.7. The second-order valence-electron chi connectivity index (χ2n) is 5.10. The molecule has 1 saturated heterocycles. The third-order valence-electron chi connectivity index (χ3n) is 4.08. The molecular weight excluding hydrogens is 232 g/mol. The van der Waals surface area contributed by atoms with Crippen molar-refractivity contribution in [1.29, 1.82) is 0 Å². The first kappa shape index (κ1) is 12.9. The van der Waals surface area contributed by atoms with Crippen LogP contribution in [0.5, 0.6) is 0 Å². The fourth-order valence-electron chi connectivity index (χ4n) is 2.68. The van der Waals surface area contributed by atoms with Crippen LogP contribution in [0.3, 0.4) is 0 Å². The smallest absolute Gasteiger partial charge is 0.0615 e. The lowest BCUT2D eigenvalue weighted by molar-refractivity contribution is 0.0686. The lowest BCUT2D eigenvalue weighted by Crippen LogP contribution is -2.30. The largest absolute Gasteiger partial charge is 0.378 e. The van der Waals surface area contributed by atoms with E-state index < -0.39 is 0 Å². The van der Waals surface area contributed by atoms with Gasteiger partial charge < -0.3 is 4.74 Å². The number of ether oxygens (including phenoxy) is 1. The Balaban J connectivity index is 1.85. The van der Waals surface area contributed by atoms with E-state index >= 15 is 0 Å². The molecule has 1 aromatic rings. The normalized spacial score (nSPS) is 28.5. The minimum Gasteiger partial charge on any atom is -0.378 e. The Morgan fingerprint density at radius 1 is 1.35 bits per heavy atom. The molecule has 1 aromatic carbocycles. The first-order valence-corrected chi connectivity index (χ1v) is 7.02. The van der Waals surface area contributed by atoms with Crippen molar-refractivity contribution in [2.75, 3.05) is 12.5 Å². The van der Waals surface area contributed by atoms with Gasteiger partial charge in [-0.25, -0.2) is 0 Å². The molecule has 0 amide bonds. The van der Waals surface area contributed by atoms with E-state index in [1.165, 1.54) is 18.4 Å². The number of alkyl halides is 1. The average Bonchev–Trinajstić information content (AvgIpc) is 2.73. The molecule has 1 aliphatic rings. The Morgan fingerprint density at radius 2 is 2.12 bits per heavy atom. The van der Waals surface area contributed by atoms with Gasteiger partial charge in [0.25, 0.3) is 0 Å². The number of aryl methyl sites for hydroxylation is 1. The highest BCUT2D eigenvalue weighted by Gasteiger charge is 2.39. The van der Waals surface area contributed by atoms with Crippen LogP contribution in [0, 0.1) is 5.41 Å². The van der Waals surface area contributed by atoms with Gasteiger partial charge in [0.1, 0.15) is 0 Å². The van der Waals surface area contributed by atoms with E-state index in [1.54, 1.807) is 0 Å². The van der Waals surface area contributed by atoms with Crippen LogP contribution in [0.1, 0.15) is 31.7 Å². The predicted molar refractivity (Wildman–Crippen MR) is 72.6 cm³/mol. The van der Waals surface area contributed by atoms with E-state index in [4.69, 9.17) is 16.3 Å². The van der Waals surface area contributed by atoms with Crippen LogP contribution >= 0.6 is 11.6 Å². The highest BCUT2D eigenvalue weighted by atomic mass is 35.5. The average molecular weight is 253 g/mol. The van der Waals surface area contributed by atoms with Gasteiger partial charge in [-0.05, 0) is 38.2 Å². The number of rotatable bonds is 5. The molecule has 2 unspecified atom stereocenters. The van der Waals surface area contributed by atoms with E-state index in [0.717, 1.165) is 25.3 Å². The summed E-state index contributed by atoms with van der Waals surface area (Å²) in [7, 11) is 0. The topological polar surface area (TPSA) is 9.23 Å². The maximum absolute atomic E-state index is 6.16. The molecular formula is C15H21ClO. The molecule has 17 heavy (non-hydrogen) atoms. The van der Waals surface area contributed by atoms with E-state index in [0.29, 0.717) is 6.10 Å². The van der Waals surface area contributed by atoms with Crippen molar-refractivity contribution in [2.24, 2.45) is 5.41 Å². The molecule has 1 fully saturated rings. The second-order valence-corrected chi connectivity index (χ2v) is 5.37. The molecule has 2 rings (SSSR count). The fraction of sp³-hybridized carbons (Fsp3) is 0.600. The van der Waals surface area contributed by atoms with Gasteiger partial charge in [0, 0.05) is 17.9 Å².